The lowest BCUT2D eigenvalue weighted by atomic mass is 10.1. The third kappa shape index (κ3) is 7.84. The van der Waals surface area contributed by atoms with Crippen LogP contribution in [0.4, 0.5) is 0 Å². The number of hydrogen-bond acceptors (Lipinski definition) is 3. The van der Waals surface area contributed by atoms with Crippen molar-refractivity contribution in [3.8, 4) is 5.75 Å². The maximum Gasteiger partial charge on any atom is 0.191 e. The number of rotatable bonds is 8. The normalized spacial score (nSPS) is 10.8. The molecular weight excluding hydrogens is 393 g/mol. The number of aliphatic imine (C=N–C) groups is 1. The molecule has 0 fully saturated rings. The van der Waals surface area contributed by atoms with Gasteiger partial charge in [0.1, 0.15) is 5.75 Å². The fraction of sp³-hybridized carbons (Fsp3) is 0.562. The Labute approximate surface area is 150 Å². The van der Waals surface area contributed by atoms with Gasteiger partial charge >= 0.3 is 0 Å². The van der Waals surface area contributed by atoms with Crippen LogP contribution in [0.25, 0.3) is 0 Å². The second kappa shape index (κ2) is 12.5. The van der Waals surface area contributed by atoms with Crippen LogP contribution in [0.1, 0.15) is 25.0 Å². The average Bonchev–Trinajstić information content (AvgIpc) is 2.47. The van der Waals surface area contributed by atoms with Crippen LogP contribution in [0.5, 0.6) is 5.75 Å². The minimum atomic E-state index is 0. The third-order valence-corrected chi connectivity index (χ3v) is 2.87. The van der Waals surface area contributed by atoms with E-state index in [-0.39, 0.29) is 24.0 Å². The van der Waals surface area contributed by atoms with Gasteiger partial charge in [0.05, 0.1) is 19.8 Å². The first-order valence-electron chi connectivity index (χ1n) is 7.44. The van der Waals surface area contributed by atoms with Crippen LogP contribution < -0.4 is 15.4 Å². The SMILES string of the molecule is CCNC(=NCc1ccc(C)cc1OCC)NCCOC.I. The van der Waals surface area contributed by atoms with Crippen molar-refractivity contribution < 1.29 is 9.47 Å². The van der Waals surface area contributed by atoms with Gasteiger partial charge in [-0.05, 0) is 32.4 Å². The zero-order valence-electron chi connectivity index (χ0n) is 13.9. The van der Waals surface area contributed by atoms with Crippen molar-refractivity contribution >= 4 is 29.9 Å². The van der Waals surface area contributed by atoms with E-state index in [1.54, 1.807) is 7.11 Å². The van der Waals surface area contributed by atoms with Crippen molar-refractivity contribution in [3.05, 3.63) is 29.3 Å². The van der Waals surface area contributed by atoms with Crippen molar-refractivity contribution in [2.45, 2.75) is 27.3 Å². The Kier molecular flexibility index (Phi) is 11.9. The summed E-state index contributed by atoms with van der Waals surface area (Å²) in [6.07, 6.45) is 0. The number of methoxy groups -OCH3 is 1. The van der Waals surface area contributed by atoms with Crippen LogP contribution in [0.15, 0.2) is 23.2 Å². The molecule has 0 atom stereocenters. The van der Waals surface area contributed by atoms with Gasteiger partial charge in [-0.3, -0.25) is 0 Å². The molecule has 0 spiro atoms. The van der Waals surface area contributed by atoms with E-state index in [0.717, 1.165) is 30.4 Å². The van der Waals surface area contributed by atoms with Crippen molar-refractivity contribution in [3.63, 3.8) is 0 Å². The number of guanidine groups is 1. The van der Waals surface area contributed by atoms with Crippen molar-refractivity contribution in [1.82, 2.24) is 10.6 Å². The molecule has 0 unspecified atom stereocenters. The van der Waals surface area contributed by atoms with Crippen LogP contribution in [-0.4, -0.2) is 39.4 Å². The number of benzene rings is 1. The van der Waals surface area contributed by atoms with E-state index >= 15 is 0 Å². The number of nitrogens with one attached hydrogen (secondary N) is 2. The lowest BCUT2D eigenvalue weighted by Gasteiger charge is -2.12. The molecule has 0 aromatic heterocycles. The second-order valence-corrected chi connectivity index (χ2v) is 4.66. The molecule has 22 heavy (non-hydrogen) atoms. The van der Waals surface area contributed by atoms with E-state index in [1.165, 1.54) is 5.56 Å². The van der Waals surface area contributed by atoms with Gasteiger partial charge in [-0.2, -0.15) is 0 Å². The molecule has 2 N–H and O–H groups in total. The maximum atomic E-state index is 5.68. The molecule has 0 saturated carbocycles. The molecule has 0 aliphatic carbocycles. The third-order valence-electron chi connectivity index (χ3n) is 2.87. The first-order chi connectivity index (χ1) is 10.2. The molecule has 1 aromatic carbocycles. The van der Waals surface area contributed by atoms with E-state index in [4.69, 9.17) is 9.47 Å². The fourth-order valence-corrected chi connectivity index (χ4v) is 1.86. The Bertz CT molecular complexity index is 453. The number of aryl methyl sites for hydroxylation is 1. The molecule has 0 saturated heterocycles. The number of ether oxygens (including phenoxy) is 2. The summed E-state index contributed by atoms with van der Waals surface area (Å²) in [6.45, 7) is 9.55. The average molecular weight is 421 g/mol. The highest BCUT2D eigenvalue weighted by Crippen LogP contribution is 2.21. The van der Waals surface area contributed by atoms with E-state index in [2.05, 4.69) is 40.7 Å². The van der Waals surface area contributed by atoms with Gasteiger partial charge in [0.2, 0.25) is 0 Å². The fourth-order valence-electron chi connectivity index (χ4n) is 1.86. The van der Waals surface area contributed by atoms with Crippen LogP contribution in [0.3, 0.4) is 0 Å². The van der Waals surface area contributed by atoms with Crippen molar-refractivity contribution in [1.29, 1.82) is 0 Å². The Morgan fingerprint density at radius 1 is 1.23 bits per heavy atom. The molecule has 5 nitrogen and oxygen atoms in total. The number of nitrogens with zero attached hydrogens (tertiary/aromatic N) is 1. The molecule has 0 amide bonds. The van der Waals surface area contributed by atoms with Crippen LogP contribution in [0, 0.1) is 6.92 Å². The largest absolute Gasteiger partial charge is 0.494 e. The molecule has 1 aromatic rings. The van der Waals surface area contributed by atoms with Crippen molar-refractivity contribution in [2.24, 2.45) is 4.99 Å². The van der Waals surface area contributed by atoms with E-state index in [1.807, 2.05) is 13.8 Å². The summed E-state index contributed by atoms with van der Waals surface area (Å²) in [6, 6.07) is 6.21. The predicted molar refractivity (Wildman–Crippen MR) is 102 cm³/mol. The molecule has 126 valence electrons. The van der Waals surface area contributed by atoms with Gasteiger partial charge < -0.3 is 20.1 Å². The standard InChI is InChI=1S/C16H27N3O2.HI/c1-5-17-16(18-9-10-20-4)19-12-14-8-7-13(3)11-15(14)21-6-2;/h7-8,11H,5-6,9-10,12H2,1-4H3,(H2,17,18,19);1H. The van der Waals surface area contributed by atoms with E-state index in [0.29, 0.717) is 19.8 Å². The maximum absolute atomic E-state index is 5.68. The highest BCUT2D eigenvalue weighted by atomic mass is 127. The molecule has 6 heteroatoms. The molecule has 0 aliphatic rings. The molecule has 0 bridgehead atoms. The Morgan fingerprint density at radius 3 is 2.64 bits per heavy atom. The minimum Gasteiger partial charge on any atom is -0.494 e. The predicted octanol–water partition coefficient (Wildman–Crippen LogP) is 2.71. The molecular formula is C16H28IN3O2. The molecule has 0 aliphatic heterocycles. The topological polar surface area (TPSA) is 54.9 Å². The zero-order chi connectivity index (χ0) is 15.5. The summed E-state index contributed by atoms with van der Waals surface area (Å²) in [5.74, 6) is 1.70. The van der Waals surface area contributed by atoms with Gasteiger partial charge in [-0.15, -0.1) is 24.0 Å². The Balaban J connectivity index is 0.00000441. The highest BCUT2D eigenvalue weighted by molar-refractivity contribution is 14.0. The second-order valence-electron chi connectivity index (χ2n) is 4.66. The molecule has 0 heterocycles. The van der Waals surface area contributed by atoms with Gasteiger partial charge in [-0.25, -0.2) is 4.99 Å². The van der Waals surface area contributed by atoms with Gasteiger partial charge in [0, 0.05) is 25.8 Å². The molecule has 0 radical (unpaired) electrons. The summed E-state index contributed by atoms with van der Waals surface area (Å²) in [4.78, 5) is 4.59. The van der Waals surface area contributed by atoms with Crippen molar-refractivity contribution in [2.75, 3.05) is 33.4 Å². The van der Waals surface area contributed by atoms with Gasteiger partial charge in [0.25, 0.3) is 0 Å². The van der Waals surface area contributed by atoms with Gasteiger partial charge in [-0.1, -0.05) is 12.1 Å². The first kappa shape index (κ1) is 21.0. The first-order valence-corrected chi connectivity index (χ1v) is 7.44. The molecule has 1 rings (SSSR count). The lowest BCUT2D eigenvalue weighted by Crippen LogP contribution is -2.38. The van der Waals surface area contributed by atoms with Crippen LogP contribution in [0.2, 0.25) is 0 Å². The summed E-state index contributed by atoms with van der Waals surface area (Å²) in [5.41, 5.74) is 2.28. The lowest BCUT2D eigenvalue weighted by molar-refractivity contribution is 0.203. The summed E-state index contributed by atoms with van der Waals surface area (Å²) >= 11 is 0. The highest BCUT2D eigenvalue weighted by Gasteiger charge is 2.04. The summed E-state index contributed by atoms with van der Waals surface area (Å²) in [5, 5.41) is 6.44. The zero-order valence-corrected chi connectivity index (χ0v) is 16.3. The van der Waals surface area contributed by atoms with Crippen LogP contribution >= 0.6 is 24.0 Å². The van der Waals surface area contributed by atoms with Gasteiger partial charge in [0.15, 0.2) is 5.96 Å². The van der Waals surface area contributed by atoms with E-state index in [9.17, 15) is 0 Å². The quantitative estimate of drug-likeness (QED) is 0.293. The number of halogens is 1. The Hall–Kier alpha value is -1.02. The van der Waals surface area contributed by atoms with Crippen LogP contribution in [-0.2, 0) is 11.3 Å². The number of hydrogen-bond donors (Lipinski definition) is 2. The summed E-state index contributed by atoms with van der Waals surface area (Å²) < 4.78 is 10.7. The monoisotopic (exact) mass is 421 g/mol. The smallest absolute Gasteiger partial charge is 0.191 e. The Morgan fingerprint density at radius 2 is 2.00 bits per heavy atom. The van der Waals surface area contributed by atoms with E-state index < -0.39 is 0 Å². The summed E-state index contributed by atoms with van der Waals surface area (Å²) in [7, 11) is 1.69. The minimum absolute atomic E-state index is 0.